The molecule has 2 aromatic heterocycles. The fourth-order valence-corrected chi connectivity index (χ4v) is 4.00. The first-order chi connectivity index (χ1) is 14.8. The summed E-state index contributed by atoms with van der Waals surface area (Å²) >= 11 is 0. The summed E-state index contributed by atoms with van der Waals surface area (Å²) in [6, 6.07) is 11.4. The Morgan fingerprint density at radius 3 is 2.45 bits per heavy atom. The fourth-order valence-electron chi connectivity index (χ4n) is 4.00. The number of hydrogen-bond donors (Lipinski definition) is 2. The molecule has 0 spiro atoms. The Bertz CT molecular complexity index is 1090. The molecule has 31 heavy (non-hydrogen) atoms. The van der Waals surface area contributed by atoms with E-state index >= 15 is 0 Å². The molecule has 2 heterocycles. The van der Waals surface area contributed by atoms with Crippen molar-refractivity contribution in [3.63, 3.8) is 0 Å². The lowest BCUT2D eigenvalue weighted by Gasteiger charge is -2.30. The van der Waals surface area contributed by atoms with Gasteiger partial charge in [-0.1, -0.05) is 18.2 Å². The summed E-state index contributed by atoms with van der Waals surface area (Å²) in [5.41, 5.74) is 1.22. The number of halogens is 3. The number of fused-ring (bicyclic) bond motifs is 1. The molecule has 0 saturated heterocycles. The van der Waals surface area contributed by atoms with Crippen molar-refractivity contribution < 1.29 is 18.0 Å². The Labute approximate surface area is 178 Å². The normalized spacial score (nSPS) is 19.2. The lowest BCUT2D eigenvalue weighted by molar-refractivity contribution is -0.140. The maximum absolute atomic E-state index is 13.3. The molecule has 0 bridgehead atoms. The largest absolute Gasteiger partial charge is 0.433 e. The van der Waals surface area contributed by atoms with Gasteiger partial charge in [0.25, 0.3) is 5.91 Å². The minimum Gasteiger partial charge on any atom is -0.382 e. The van der Waals surface area contributed by atoms with Gasteiger partial charge in [0.05, 0.1) is 5.52 Å². The maximum atomic E-state index is 13.3. The Hall–Kier alpha value is -3.16. The number of benzene rings is 1. The van der Waals surface area contributed by atoms with E-state index in [-0.39, 0.29) is 18.0 Å². The van der Waals surface area contributed by atoms with Gasteiger partial charge in [-0.05, 0) is 56.9 Å². The molecule has 0 atom stereocenters. The molecule has 3 aromatic rings. The average molecular weight is 428 g/mol. The van der Waals surface area contributed by atoms with Gasteiger partial charge in [0, 0.05) is 40.6 Å². The second-order valence-corrected chi connectivity index (χ2v) is 7.92. The van der Waals surface area contributed by atoms with Crippen LogP contribution in [0.4, 0.5) is 18.9 Å². The zero-order valence-electron chi connectivity index (χ0n) is 17.0. The van der Waals surface area contributed by atoms with Gasteiger partial charge >= 0.3 is 6.18 Å². The van der Waals surface area contributed by atoms with Crippen molar-refractivity contribution in [2.24, 2.45) is 0 Å². The van der Waals surface area contributed by atoms with E-state index in [0.717, 1.165) is 37.4 Å². The molecule has 0 radical (unpaired) electrons. The number of anilines is 1. The third-order valence-corrected chi connectivity index (χ3v) is 5.59. The van der Waals surface area contributed by atoms with Gasteiger partial charge in [-0.3, -0.25) is 9.78 Å². The molecule has 5 nitrogen and oxygen atoms in total. The molecular formula is C23H23F3N4O. The number of para-hydroxylation sites is 1. The van der Waals surface area contributed by atoms with E-state index < -0.39 is 11.9 Å². The van der Waals surface area contributed by atoms with E-state index in [1.165, 1.54) is 0 Å². The summed E-state index contributed by atoms with van der Waals surface area (Å²) in [5.74, 6) is -0.128. The van der Waals surface area contributed by atoms with Crippen LogP contribution in [0.3, 0.4) is 0 Å². The fraction of sp³-hybridized carbons (Fsp3) is 0.348. The van der Waals surface area contributed by atoms with Crippen molar-refractivity contribution in [2.45, 2.75) is 50.9 Å². The number of carbonyl (C=O) groups is 1. The number of hydrogen-bond acceptors (Lipinski definition) is 4. The number of alkyl halides is 3. The molecule has 1 aromatic carbocycles. The molecule has 8 heteroatoms. The van der Waals surface area contributed by atoms with Gasteiger partial charge in [-0.2, -0.15) is 13.2 Å². The van der Waals surface area contributed by atoms with Crippen LogP contribution >= 0.6 is 0 Å². The van der Waals surface area contributed by atoms with Crippen LogP contribution in [0.25, 0.3) is 10.9 Å². The predicted octanol–water partition coefficient (Wildman–Crippen LogP) is 5.11. The summed E-state index contributed by atoms with van der Waals surface area (Å²) in [6.45, 7) is 1.83. The molecule has 0 unspecified atom stereocenters. The van der Waals surface area contributed by atoms with Crippen LogP contribution in [-0.2, 0) is 6.18 Å². The lowest BCUT2D eigenvalue weighted by Crippen LogP contribution is -2.40. The predicted molar refractivity (Wildman–Crippen MR) is 113 cm³/mol. The number of amides is 1. The number of nitrogens with one attached hydrogen (secondary N) is 2. The molecule has 2 N–H and O–H groups in total. The first-order valence-electron chi connectivity index (χ1n) is 10.3. The van der Waals surface area contributed by atoms with E-state index in [1.54, 1.807) is 42.6 Å². The maximum Gasteiger partial charge on any atom is 0.433 e. The summed E-state index contributed by atoms with van der Waals surface area (Å²) < 4.78 is 39.8. The molecule has 4 rings (SSSR count). The van der Waals surface area contributed by atoms with Gasteiger partial charge in [-0.15, -0.1) is 0 Å². The summed E-state index contributed by atoms with van der Waals surface area (Å²) in [7, 11) is 0. The number of aromatic nitrogens is 2. The molecule has 1 fully saturated rings. The van der Waals surface area contributed by atoms with Crippen molar-refractivity contribution in [1.82, 2.24) is 15.3 Å². The van der Waals surface area contributed by atoms with Crippen molar-refractivity contribution in [3.05, 3.63) is 65.6 Å². The van der Waals surface area contributed by atoms with Crippen molar-refractivity contribution in [1.29, 1.82) is 0 Å². The third kappa shape index (κ3) is 4.95. The van der Waals surface area contributed by atoms with Crippen LogP contribution in [0.1, 0.15) is 47.4 Å². The first kappa shape index (κ1) is 21.1. The Morgan fingerprint density at radius 2 is 1.74 bits per heavy atom. The van der Waals surface area contributed by atoms with Gasteiger partial charge in [-0.25, -0.2) is 4.98 Å². The molecule has 1 saturated carbocycles. The van der Waals surface area contributed by atoms with Crippen molar-refractivity contribution in [2.75, 3.05) is 5.32 Å². The number of pyridine rings is 2. The van der Waals surface area contributed by atoms with Gasteiger partial charge in [0.15, 0.2) is 0 Å². The van der Waals surface area contributed by atoms with Crippen LogP contribution in [0.5, 0.6) is 0 Å². The first-order valence-corrected chi connectivity index (χ1v) is 10.3. The number of aryl methyl sites for hydroxylation is 1. The highest BCUT2D eigenvalue weighted by Crippen LogP contribution is 2.34. The molecule has 162 valence electrons. The highest BCUT2D eigenvalue weighted by atomic mass is 19.4. The van der Waals surface area contributed by atoms with Crippen molar-refractivity contribution >= 4 is 22.5 Å². The van der Waals surface area contributed by atoms with E-state index in [2.05, 4.69) is 20.6 Å². The monoisotopic (exact) mass is 428 g/mol. The Kier molecular flexibility index (Phi) is 5.80. The van der Waals surface area contributed by atoms with E-state index in [1.807, 2.05) is 6.92 Å². The minimum absolute atomic E-state index is 0.0308. The second kappa shape index (κ2) is 8.53. The summed E-state index contributed by atoms with van der Waals surface area (Å²) in [5, 5.41) is 7.01. The third-order valence-electron chi connectivity index (χ3n) is 5.59. The SMILES string of the molecule is Cc1cc(C(=O)N[C@H]2CC[C@@H](Nc3cc(C(F)(F)F)nc4ccccc34)CC2)ccn1. The average Bonchev–Trinajstić information content (AvgIpc) is 2.74. The van der Waals surface area contributed by atoms with Crippen LogP contribution in [0, 0.1) is 6.92 Å². The molecule has 1 aliphatic rings. The number of nitrogens with zero attached hydrogens (tertiary/aromatic N) is 2. The standard InChI is InChI=1S/C23H23F3N4O/c1-14-12-15(10-11-27-14)22(31)29-17-8-6-16(7-9-17)28-20-13-21(23(24,25)26)30-19-5-3-2-4-18(19)20/h2-5,10-13,16-17H,6-9H2,1H3,(H,28,30)(H,29,31)/t16-,17+. The zero-order chi connectivity index (χ0) is 22.0. The van der Waals surface area contributed by atoms with Gasteiger partial charge in [0.1, 0.15) is 5.69 Å². The molecule has 1 amide bonds. The van der Waals surface area contributed by atoms with Crippen LogP contribution < -0.4 is 10.6 Å². The van der Waals surface area contributed by atoms with Crippen molar-refractivity contribution in [3.8, 4) is 0 Å². The highest BCUT2D eigenvalue weighted by molar-refractivity contribution is 5.94. The smallest absolute Gasteiger partial charge is 0.382 e. The van der Waals surface area contributed by atoms with Crippen LogP contribution in [0.15, 0.2) is 48.7 Å². The topological polar surface area (TPSA) is 66.9 Å². The van der Waals surface area contributed by atoms with Crippen LogP contribution in [0.2, 0.25) is 0 Å². The number of carbonyl (C=O) groups excluding carboxylic acids is 1. The highest BCUT2D eigenvalue weighted by Gasteiger charge is 2.33. The summed E-state index contributed by atoms with van der Waals surface area (Å²) in [6.07, 6.45) is 0.106. The molecular weight excluding hydrogens is 405 g/mol. The quantitative estimate of drug-likeness (QED) is 0.606. The Morgan fingerprint density at radius 1 is 1.03 bits per heavy atom. The summed E-state index contributed by atoms with van der Waals surface area (Å²) in [4.78, 5) is 20.3. The zero-order valence-corrected chi connectivity index (χ0v) is 17.0. The van der Waals surface area contributed by atoms with E-state index in [9.17, 15) is 18.0 Å². The second-order valence-electron chi connectivity index (χ2n) is 7.92. The lowest BCUT2D eigenvalue weighted by atomic mass is 9.90. The molecule has 1 aliphatic carbocycles. The van der Waals surface area contributed by atoms with E-state index in [4.69, 9.17) is 0 Å². The molecule has 0 aliphatic heterocycles. The Balaban J connectivity index is 1.42. The minimum atomic E-state index is -4.51. The van der Waals surface area contributed by atoms with Gasteiger partial charge in [0.2, 0.25) is 0 Å². The number of rotatable bonds is 4. The van der Waals surface area contributed by atoms with E-state index in [0.29, 0.717) is 22.2 Å². The van der Waals surface area contributed by atoms with Gasteiger partial charge < -0.3 is 10.6 Å². The van der Waals surface area contributed by atoms with Crippen LogP contribution in [-0.4, -0.2) is 28.0 Å².